The number of carboxylic acids is 1. The molecule has 6 nitrogen and oxygen atoms in total. The average Bonchev–Trinajstić information content (AvgIpc) is 2.37. The molecule has 2 amide bonds. The fourth-order valence-corrected chi connectivity index (χ4v) is 1.62. The first-order valence-corrected chi connectivity index (χ1v) is 6.36. The average molecular weight is 279 g/mol. The van der Waals surface area contributed by atoms with Crippen LogP contribution in [0.2, 0.25) is 0 Å². The van der Waals surface area contributed by atoms with Gasteiger partial charge in [-0.25, -0.2) is 4.79 Å². The van der Waals surface area contributed by atoms with Crippen molar-refractivity contribution in [3.63, 3.8) is 0 Å². The van der Waals surface area contributed by atoms with E-state index in [4.69, 9.17) is 5.11 Å². The summed E-state index contributed by atoms with van der Waals surface area (Å²) in [7, 11) is 5.58. The third kappa shape index (κ3) is 5.27. The SMILES string of the molecule is CN(C)CCN(C)C(=O)Nc1ccccc1CC(=O)O. The van der Waals surface area contributed by atoms with Gasteiger partial charge in [-0.3, -0.25) is 4.79 Å². The van der Waals surface area contributed by atoms with E-state index < -0.39 is 5.97 Å². The van der Waals surface area contributed by atoms with Crippen LogP contribution in [0.15, 0.2) is 24.3 Å². The molecule has 2 N–H and O–H groups in total. The summed E-state index contributed by atoms with van der Waals surface area (Å²) in [5, 5.41) is 11.6. The second-order valence-electron chi connectivity index (χ2n) is 4.88. The van der Waals surface area contributed by atoms with Gasteiger partial charge >= 0.3 is 12.0 Å². The predicted molar refractivity (Wildman–Crippen MR) is 78.0 cm³/mol. The third-order valence-corrected chi connectivity index (χ3v) is 2.83. The number of urea groups is 1. The van der Waals surface area contributed by atoms with E-state index in [1.165, 1.54) is 0 Å². The number of carbonyl (C=O) groups is 2. The minimum absolute atomic E-state index is 0.113. The van der Waals surface area contributed by atoms with Crippen LogP contribution in [-0.2, 0) is 11.2 Å². The second-order valence-corrected chi connectivity index (χ2v) is 4.88. The van der Waals surface area contributed by atoms with Crippen molar-refractivity contribution >= 4 is 17.7 Å². The van der Waals surface area contributed by atoms with Crippen molar-refractivity contribution in [3.8, 4) is 0 Å². The molecule has 20 heavy (non-hydrogen) atoms. The summed E-state index contributed by atoms with van der Waals surface area (Å²) in [5.74, 6) is -0.923. The summed E-state index contributed by atoms with van der Waals surface area (Å²) in [6, 6.07) is 6.67. The van der Waals surface area contributed by atoms with E-state index in [0.29, 0.717) is 17.8 Å². The Bertz CT molecular complexity index is 474. The maximum absolute atomic E-state index is 12.0. The van der Waals surface area contributed by atoms with Gasteiger partial charge < -0.3 is 20.2 Å². The largest absolute Gasteiger partial charge is 0.481 e. The van der Waals surface area contributed by atoms with E-state index in [1.807, 2.05) is 19.0 Å². The maximum Gasteiger partial charge on any atom is 0.321 e. The van der Waals surface area contributed by atoms with Gasteiger partial charge in [-0.1, -0.05) is 18.2 Å². The first-order chi connectivity index (χ1) is 9.40. The number of amides is 2. The van der Waals surface area contributed by atoms with Gasteiger partial charge in [-0.05, 0) is 25.7 Å². The van der Waals surface area contributed by atoms with Crippen molar-refractivity contribution in [2.45, 2.75) is 6.42 Å². The Morgan fingerprint density at radius 3 is 2.40 bits per heavy atom. The van der Waals surface area contributed by atoms with Crippen LogP contribution >= 0.6 is 0 Å². The second kappa shape index (κ2) is 7.49. The molecule has 0 fully saturated rings. The smallest absolute Gasteiger partial charge is 0.321 e. The number of likely N-dealkylation sites (N-methyl/N-ethyl adjacent to an activating group) is 2. The molecule has 0 aliphatic heterocycles. The third-order valence-electron chi connectivity index (χ3n) is 2.83. The number of anilines is 1. The Kier molecular flexibility index (Phi) is 5.99. The molecule has 0 spiro atoms. The monoisotopic (exact) mass is 279 g/mol. The first kappa shape index (κ1) is 16.0. The van der Waals surface area contributed by atoms with E-state index in [0.717, 1.165) is 6.54 Å². The molecule has 1 aromatic carbocycles. The van der Waals surface area contributed by atoms with E-state index in [1.54, 1.807) is 36.2 Å². The molecule has 6 heteroatoms. The Balaban J connectivity index is 2.67. The molecule has 0 aliphatic carbocycles. The van der Waals surface area contributed by atoms with Gasteiger partial charge in [0.1, 0.15) is 0 Å². The zero-order chi connectivity index (χ0) is 15.1. The van der Waals surface area contributed by atoms with Crippen LogP contribution in [0.5, 0.6) is 0 Å². The zero-order valence-electron chi connectivity index (χ0n) is 12.1. The van der Waals surface area contributed by atoms with Gasteiger partial charge in [0.15, 0.2) is 0 Å². The fraction of sp³-hybridized carbons (Fsp3) is 0.429. The number of hydrogen-bond donors (Lipinski definition) is 2. The molecular formula is C14H21N3O3. The molecule has 1 aromatic rings. The quantitative estimate of drug-likeness (QED) is 0.824. The van der Waals surface area contributed by atoms with E-state index in [2.05, 4.69) is 5.32 Å². The number of aliphatic carboxylic acids is 1. The molecule has 110 valence electrons. The highest BCUT2D eigenvalue weighted by Gasteiger charge is 2.12. The lowest BCUT2D eigenvalue weighted by Crippen LogP contribution is -2.36. The number of hydrogen-bond acceptors (Lipinski definition) is 3. The topological polar surface area (TPSA) is 72.9 Å². The normalized spacial score (nSPS) is 10.4. The van der Waals surface area contributed by atoms with Gasteiger partial charge in [0.25, 0.3) is 0 Å². The van der Waals surface area contributed by atoms with E-state index in [9.17, 15) is 9.59 Å². The van der Waals surface area contributed by atoms with Crippen LogP contribution in [0.1, 0.15) is 5.56 Å². The van der Waals surface area contributed by atoms with Gasteiger partial charge in [-0.15, -0.1) is 0 Å². The summed E-state index contributed by atoms with van der Waals surface area (Å²) >= 11 is 0. The number of nitrogens with one attached hydrogen (secondary N) is 1. The summed E-state index contributed by atoms with van der Waals surface area (Å²) in [6.07, 6.45) is -0.113. The van der Waals surface area contributed by atoms with Crippen molar-refractivity contribution in [3.05, 3.63) is 29.8 Å². The lowest BCUT2D eigenvalue weighted by Gasteiger charge is -2.21. The minimum Gasteiger partial charge on any atom is -0.481 e. The van der Waals surface area contributed by atoms with Crippen molar-refractivity contribution in [2.24, 2.45) is 0 Å². The number of para-hydroxylation sites is 1. The highest BCUT2D eigenvalue weighted by atomic mass is 16.4. The highest BCUT2D eigenvalue weighted by molar-refractivity contribution is 5.90. The lowest BCUT2D eigenvalue weighted by molar-refractivity contribution is -0.136. The zero-order valence-corrected chi connectivity index (χ0v) is 12.1. The lowest BCUT2D eigenvalue weighted by atomic mass is 10.1. The van der Waals surface area contributed by atoms with Crippen LogP contribution < -0.4 is 5.32 Å². The molecule has 0 heterocycles. The van der Waals surface area contributed by atoms with Gasteiger partial charge in [0, 0.05) is 25.8 Å². The fourth-order valence-electron chi connectivity index (χ4n) is 1.62. The van der Waals surface area contributed by atoms with E-state index in [-0.39, 0.29) is 12.5 Å². The molecule has 1 rings (SSSR count). The predicted octanol–water partition coefficient (Wildman–Crippen LogP) is 1.34. The summed E-state index contributed by atoms with van der Waals surface area (Å²) in [6.45, 7) is 1.36. The Hall–Kier alpha value is -2.08. The van der Waals surface area contributed by atoms with Crippen molar-refractivity contribution in [2.75, 3.05) is 39.5 Å². The Labute approximate surface area is 119 Å². The Morgan fingerprint density at radius 2 is 1.80 bits per heavy atom. The van der Waals surface area contributed by atoms with Crippen molar-refractivity contribution < 1.29 is 14.7 Å². The van der Waals surface area contributed by atoms with Crippen molar-refractivity contribution in [1.29, 1.82) is 0 Å². The number of carbonyl (C=O) groups excluding carboxylic acids is 1. The van der Waals surface area contributed by atoms with Gasteiger partial charge in [0.2, 0.25) is 0 Å². The molecule has 0 aromatic heterocycles. The molecule has 0 bridgehead atoms. The summed E-state index contributed by atoms with van der Waals surface area (Å²) in [4.78, 5) is 26.4. The van der Waals surface area contributed by atoms with Crippen LogP contribution in [0.4, 0.5) is 10.5 Å². The van der Waals surface area contributed by atoms with Crippen LogP contribution in [0.3, 0.4) is 0 Å². The van der Waals surface area contributed by atoms with Gasteiger partial charge in [0.05, 0.1) is 6.42 Å². The van der Waals surface area contributed by atoms with Crippen LogP contribution in [0.25, 0.3) is 0 Å². The number of benzene rings is 1. The standard InChI is InChI=1S/C14H21N3O3/c1-16(2)8-9-17(3)14(20)15-12-7-5-4-6-11(12)10-13(18)19/h4-7H,8-10H2,1-3H3,(H,15,20)(H,18,19). The molecule has 0 radical (unpaired) electrons. The van der Waals surface area contributed by atoms with Gasteiger partial charge in [-0.2, -0.15) is 0 Å². The van der Waals surface area contributed by atoms with Crippen LogP contribution in [-0.4, -0.2) is 61.1 Å². The molecule has 0 saturated heterocycles. The molecular weight excluding hydrogens is 258 g/mol. The van der Waals surface area contributed by atoms with Crippen LogP contribution in [0, 0.1) is 0 Å². The molecule has 0 atom stereocenters. The highest BCUT2D eigenvalue weighted by Crippen LogP contribution is 2.16. The van der Waals surface area contributed by atoms with E-state index >= 15 is 0 Å². The maximum atomic E-state index is 12.0. The number of nitrogens with zero attached hydrogens (tertiary/aromatic N) is 2. The summed E-state index contributed by atoms with van der Waals surface area (Å²) in [5.41, 5.74) is 1.13. The van der Waals surface area contributed by atoms with Crippen molar-refractivity contribution in [1.82, 2.24) is 9.80 Å². The Morgan fingerprint density at radius 1 is 1.15 bits per heavy atom. The molecule has 0 saturated carbocycles. The first-order valence-electron chi connectivity index (χ1n) is 6.36. The molecule has 0 unspecified atom stereocenters. The number of carboxylic acid groups (broad SMARTS) is 1. The minimum atomic E-state index is -0.923. The summed E-state index contributed by atoms with van der Waals surface area (Å²) < 4.78 is 0. The molecule has 0 aliphatic rings. The number of rotatable bonds is 6.